The van der Waals surface area contributed by atoms with Gasteiger partial charge < -0.3 is 4.57 Å². The highest BCUT2D eigenvalue weighted by Crippen LogP contribution is 2.47. The Morgan fingerprint density at radius 3 is 1.39 bits per heavy atom. The van der Waals surface area contributed by atoms with Gasteiger partial charge in [0.25, 0.3) is 0 Å². The van der Waals surface area contributed by atoms with E-state index >= 15 is 0 Å². The van der Waals surface area contributed by atoms with Gasteiger partial charge in [-0.25, -0.2) is 15.0 Å². The first-order valence-electron chi connectivity index (χ1n) is 19.0. The van der Waals surface area contributed by atoms with Gasteiger partial charge >= 0.3 is 0 Å². The number of nitrogens with zero attached hydrogens (tertiary/aromatic N) is 4. The van der Waals surface area contributed by atoms with Crippen LogP contribution in [0.5, 0.6) is 0 Å². The molecule has 0 saturated carbocycles. The van der Waals surface area contributed by atoms with Crippen molar-refractivity contribution in [1.29, 1.82) is 0 Å². The van der Waals surface area contributed by atoms with Crippen molar-refractivity contribution in [1.82, 2.24) is 19.5 Å². The number of aromatic nitrogens is 4. The van der Waals surface area contributed by atoms with Gasteiger partial charge in [-0.1, -0.05) is 146 Å². The summed E-state index contributed by atoms with van der Waals surface area (Å²) in [5, 5.41) is 7.54. The normalized spacial score (nSPS) is 11.9. The largest absolute Gasteiger partial charge is 0.309 e. The SMILES string of the molecule is c1ccc(-c2nc(-c3ccccc3)nc(-c3cccc4c3sc3c(-c5cccc6c5sc5ccc(-n7c8ccccc8c8ccccc87)cc56)cccc34)n2)cc1. The maximum atomic E-state index is 5.11. The van der Waals surface area contributed by atoms with Crippen LogP contribution in [0.15, 0.2) is 182 Å². The molecule has 0 radical (unpaired) electrons. The Morgan fingerprint density at radius 2 is 0.789 bits per heavy atom. The molecule has 12 rings (SSSR count). The minimum atomic E-state index is 0.663. The van der Waals surface area contributed by atoms with E-state index in [9.17, 15) is 0 Å². The van der Waals surface area contributed by atoms with Crippen molar-refractivity contribution >= 4 is 84.8 Å². The zero-order valence-electron chi connectivity index (χ0n) is 30.4. The van der Waals surface area contributed by atoms with E-state index in [0.717, 1.165) is 16.7 Å². The third kappa shape index (κ3) is 5.08. The Morgan fingerprint density at radius 1 is 0.333 bits per heavy atom. The predicted molar refractivity (Wildman–Crippen MR) is 242 cm³/mol. The van der Waals surface area contributed by atoms with E-state index in [2.05, 4.69) is 150 Å². The second-order valence-electron chi connectivity index (χ2n) is 14.3. The average molecular weight is 763 g/mol. The van der Waals surface area contributed by atoms with E-state index in [1.54, 1.807) is 0 Å². The predicted octanol–water partition coefficient (Wildman–Crippen LogP) is 14.4. The van der Waals surface area contributed by atoms with Gasteiger partial charge in [-0.05, 0) is 36.4 Å². The topological polar surface area (TPSA) is 43.6 Å². The highest BCUT2D eigenvalue weighted by Gasteiger charge is 2.20. The molecule has 12 aromatic rings. The maximum absolute atomic E-state index is 5.11. The molecule has 8 aromatic carbocycles. The molecule has 0 aliphatic carbocycles. The van der Waals surface area contributed by atoms with Crippen LogP contribution in [0.2, 0.25) is 0 Å². The molecule has 266 valence electrons. The minimum absolute atomic E-state index is 0.663. The number of fused-ring (bicyclic) bond motifs is 9. The van der Waals surface area contributed by atoms with Gasteiger partial charge in [-0.15, -0.1) is 22.7 Å². The lowest BCUT2D eigenvalue weighted by atomic mass is 10.00. The van der Waals surface area contributed by atoms with Gasteiger partial charge in [0.1, 0.15) is 0 Å². The molecule has 0 N–H and O–H groups in total. The molecule has 0 fully saturated rings. The Balaban J connectivity index is 1.04. The van der Waals surface area contributed by atoms with Gasteiger partial charge in [-0.2, -0.15) is 0 Å². The van der Waals surface area contributed by atoms with Crippen LogP contribution in [-0.4, -0.2) is 19.5 Å². The Kier molecular flexibility index (Phi) is 7.24. The van der Waals surface area contributed by atoms with Crippen LogP contribution in [-0.2, 0) is 0 Å². The summed E-state index contributed by atoms with van der Waals surface area (Å²) >= 11 is 3.71. The first-order valence-corrected chi connectivity index (χ1v) is 20.7. The van der Waals surface area contributed by atoms with Crippen LogP contribution in [0.25, 0.3) is 113 Å². The molecule has 0 spiro atoms. The molecule has 0 aliphatic heterocycles. The lowest BCUT2D eigenvalue weighted by molar-refractivity contribution is 1.08. The van der Waals surface area contributed by atoms with Crippen molar-refractivity contribution in [3.63, 3.8) is 0 Å². The number of hydrogen-bond donors (Lipinski definition) is 0. The minimum Gasteiger partial charge on any atom is -0.309 e. The fourth-order valence-corrected chi connectivity index (χ4v) is 11.0. The Bertz CT molecular complexity index is 3410. The van der Waals surface area contributed by atoms with Crippen LogP contribution in [0.4, 0.5) is 0 Å². The molecule has 0 amide bonds. The van der Waals surface area contributed by atoms with Gasteiger partial charge in [0, 0.05) is 84.6 Å². The van der Waals surface area contributed by atoms with E-state index < -0.39 is 0 Å². The van der Waals surface area contributed by atoms with Gasteiger partial charge in [0.15, 0.2) is 17.5 Å². The van der Waals surface area contributed by atoms with Crippen LogP contribution in [0.1, 0.15) is 0 Å². The number of hydrogen-bond acceptors (Lipinski definition) is 5. The van der Waals surface area contributed by atoms with Crippen LogP contribution in [0.3, 0.4) is 0 Å². The lowest BCUT2D eigenvalue weighted by Crippen LogP contribution is -2.00. The molecule has 4 heterocycles. The third-order valence-electron chi connectivity index (χ3n) is 11.1. The molecule has 0 atom stereocenters. The Hall–Kier alpha value is -6.99. The van der Waals surface area contributed by atoms with Crippen LogP contribution >= 0.6 is 22.7 Å². The molecule has 0 bridgehead atoms. The molecular weight excluding hydrogens is 733 g/mol. The number of thiophene rings is 2. The van der Waals surface area contributed by atoms with E-state index in [0.29, 0.717) is 17.5 Å². The van der Waals surface area contributed by atoms with Crippen molar-refractivity contribution < 1.29 is 0 Å². The van der Waals surface area contributed by atoms with Gasteiger partial charge in [-0.3, -0.25) is 0 Å². The van der Waals surface area contributed by atoms with E-state index in [4.69, 9.17) is 15.0 Å². The highest BCUT2D eigenvalue weighted by atomic mass is 32.1. The maximum Gasteiger partial charge on any atom is 0.165 e. The standard InChI is InChI=1S/C51H30N4S2/c1-3-14-31(15-4-1)49-52-50(32-16-5-2-6-17-32)54-51(53-49)41-25-13-23-39-38-22-11-21-37(47(38)57-48(39)41)36-20-12-24-40-42-30-33(28-29-45(42)56-46(36)40)55-43-26-9-7-18-34(43)35-19-8-10-27-44(35)55/h1-30H. The van der Waals surface area contributed by atoms with Crippen molar-refractivity contribution in [3.8, 4) is 51.0 Å². The fourth-order valence-electron chi connectivity index (χ4n) is 8.48. The zero-order valence-corrected chi connectivity index (χ0v) is 32.1. The summed E-state index contributed by atoms with van der Waals surface area (Å²) in [6.45, 7) is 0. The van der Waals surface area contributed by atoms with Crippen molar-refractivity contribution in [2.75, 3.05) is 0 Å². The lowest BCUT2D eigenvalue weighted by Gasteiger charge is -2.09. The van der Waals surface area contributed by atoms with Gasteiger partial charge in [0.05, 0.1) is 11.0 Å². The van der Waals surface area contributed by atoms with E-state index in [-0.39, 0.29) is 0 Å². The molecule has 4 aromatic heterocycles. The third-order valence-corrected chi connectivity index (χ3v) is 13.6. The number of rotatable bonds is 5. The Labute approximate surface area is 335 Å². The number of para-hydroxylation sites is 2. The molecule has 0 unspecified atom stereocenters. The summed E-state index contributed by atoms with van der Waals surface area (Å²) in [6, 6.07) is 64.8. The van der Waals surface area contributed by atoms with E-state index in [1.807, 2.05) is 59.1 Å². The van der Waals surface area contributed by atoms with Crippen LogP contribution < -0.4 is 0 Å². The monoisotopic (exact) mass is 762 g/mol. The highest BCUT2D eigenvalue weighted by molar-refractivity contribution is 7.27. The second-order valence-corrected chi connectivity index (χ2v) is 16.4. The average Bonchev–Trinajstić information content (AvgIpc) is 3.96. The van der Waals surface area contributed by atoms with Crippen molar-refractivity contribution in [2.24, 2.45) is 0 Å². The van der Waals surface area contributed by atoms with Crippen LogP contribution in [0, 0.1) is 0 Å². The molecular formula is C51H30N4S2. The number of benzene rings is 8. The first-order chi connectivity index (χ1) is 28.3. The summed E-state index contributed by atoms with van der Waals surface area (Å²) in [4.78, 5) is 15.2. The molecule has 57 heavy (non-hydrogen) atoms. The molecule has 0 saturated heterocycles. The quantitative estimate of drug-likeness (QED) is 0.175. The molecule has 4 nitrogen and oxygen atoms in total. The fraction of sp³-hybridized carbons (Fsp3) is 0. The van der Waals surface area contributed by atoms with Crippen molar-refractivity contribution in [2.45, 2.75) is 0 Å². The summed E-state index contributed by atoms with van der Waals surface area (Å²) in [5.74, 6) is 2.00. The first kappa shape index (κ1) is 32.3. The van der Waals surface area contributed by atoms with Crippen molar-refractivity contribution in [3.05, 3.63) is 182 Å². The molecule has 6 heteroatoms. The summed E-state index contributed by atoms with van der Waals surface area (Å²) in [6.07, 6.45) is 0. The summed E-state index contributed by atoms with van der Waals surface area (Å²) in [7, 11) is 0. The second kappa shape index (κ2) is 12.8. The summed E-state index contributed by atoms with van der Waals surface area (Å²) < 4.78 is 7.42. The summed E-state index contributed by atoms with van der Waals surface area (Å²) in [5.41, 5.74) is 9.04. The van der Waals surface area contributed by atoms with E-state index in [1.165, 1.54) is 79.0 Å². The zero-order chi connectivity index (χ0) is 37.5. The molecule has 0 aliphatic rings. The smallest absolute Gasteiger partial charge is 0.165 e. The van der Waals surface area contributed by atoms with Gasteiger partial charge in [0.2, 0.25) is 0 Å².